The lowest BCUT2D eigenvalue weighted by atomic mass is 9.88. The highest BCUT2D eigenvalue weighted by Gasteiger charge is 2.30. The fourth-order valence-electron chi connectivity index (χ4n) is 1.32. The van der Waals surface area contributed by atoms with Gasteiger partial charge < -0.3 is 4.74 Å². The van der Waals surface area contributed by atoms with Gasteiger partial charge >= 0.3 is 0 Å². The molecule has 0 aromatic heterocycles. The van der Waals surface area contributed by atoms with Crippen LogP contribution in [0.2, 0.25) is 0 Å². The van der Waals surface area contributed by atoms with Crippen LogP contribution >= 0.6 is 11.6 Å². The van der Waals surface area contributed by atoms with Gasteiger partial charge in [0.25, 0.3) is 0 Å². The van der Waals surface area contributed by atoms with E-state index in [9.17, 15) is 9.18 Å². The van der Waals surface area contributed by atoms with E-state index >= 15 is 0 Å². The Balaban J connectivity index is 2.77. The molecule has 1 unspecified atom stereocenters. The number of benzene rings is 1. The molecule has 0 amide bonds. The monoisotopic (exact) mass is 258 g/mol. The Morgan fingerprint density at radius 2 is 1.88 bits per heavy atom. The Bertz CT molecular complexity index is 381. The second-order valence-corrected chi connectivity index (χ2v) is 5.14. The van der Waals surface area contributed by atoms with Crippen LogP contribution in [0.1, 0.15) is 20.8 Å². The predicted octanol–water partition coefficient (Wildman–Crippen LogP) is 3.43. The van der Waals surface area contributed by atoms with Crippen molar-refractivity contribution < 1.29 is 13.9 Å². The van der Waals surface area contributed by atoms with Crippen LogP contribution in [0, 0.1) is 11.2 Å². The number of carbonyl (C=O) groups excluding carboxylic acids is 1. The van der Waals surface area contributed by atoms with Crippen molar-refractivity contribution >= 4 is 17.4 Å². The first kappa shape index (κ1) is 14.0. The van der Waals surface area contributed by atoms with E-state index in [1.807, 2.05) is 20.8 Å². The largest absolute Gasteiger partial charge is 0.481 e. The molecule has 1 aromatic rings. The number of ether oxygens (including phenoxy) is 1. The number of ketones is 1. The summed E-state index contributed by atoms with van der Waals surface area (Å²) in [4.78, 5) is 12.0. The molecule has 0 saturated heterocycles. The average Bonchev–Trinajstić information content (AvgIpc) is 2.26. The maximum Gasteiger partial charge on any atom is 0.179 e. The topological polar surface area (TPSA) is 26.3 Å². The van der Waals surface area contributed by atoms with E-state index in [1.165, 1.54) is 24.3 Å². The van der Waals surface area contributed by atoms with Crippen LogP contribution in [0.5, 0.6) is 5.75 Å². The van der Waals surface area contributed by atoms with Crippen LogP contribution in [0.3, 0.4) is 0 Å². The van der Waals surface area contributed by atoms with Gasteiger partial charge in [-0.15, -0.1) is 11.6 Å². The van der Waals surface area contributed by atoms with E-state index in [0.717, 1.165) is 0 Å². The van der Waals surface area contributed by atoms with Gasteiger partial charge in [0.2, 0.25) is 0 Å². The zero-order valence-corrected chi connectivity index (χ0v) is 10.9. The lowest BCUT2D eigenvalue weighted by Gasteiger charge is -2.23. The van der Waals surface area contributed by atoms with Gasteiger partial charge in [-0.1, -0.05) is 20.8 Å². The molecule has 0 aliphatic carbocycles. The molecular weight excluding hydrogens is 243 g/mol. The molecule has 0 aliphatic heterocycles. The van der Waals surface area contributed by atoms with Crippen molar-refractivity contribution in [2.75, 3.05) is 5.88 Å². The van der Waals surface area contributed by atoms with Gasteiger partial charge in [0.05, 0.1) is 5.88 Å². The molecule has 0 bridgehead atoms. The van der Waals surface area contributed by atoms with Crippen molar-refractivity contribution in [1.29, 1.82) is 0 Å². The number of hydrogen-bond donors (Lipinski definition) is 0. The van der Waals surface area contributed by atoms with E-state index in [0.29, 0.717) is 5.75 Å². The van der Waals surface area contributed by atoms with Crippen molar-refractivity contribution in [1.82, 2.24) is 0 Å². The summed E-state index contributed by atoms with van der Waals surface area (Å²) < 4.78 is 18.2. The minimum atomic E-state index is -0.706. The molecule has 0 aliphatic rings. The number of hydrogen-bond acceptors (Lipinski definition) is 2. The zero-order valence-electron chi connectivity index (χ0n) is 10.2. The number of alkyl halides is 1. The van der Waals surface area contributed by atoms with Crippen molar-refractivity contribution in [3.63, 3.8) is 0 Å². The van der Waals surface area contributed by atoms with Crippen LogP contribution in [0.25, 0.3) is 0 Å². The minimum absolute atomic E-state index is 0.0724. The molecule has 1 rings (SSSR count). The third-order valence-corrected chi connectivity index (χ3v) is 2.54. The molecule has 0 heterocycles. The second kappa shape index (κ2) is 5.50. The van der Waals surface area contributed by atoms with Gasteiger partial charge in [0.15, 0.2) is 11.9 Å². The molecule has 0 fully saturated rings. The summed E-state index contributed by atoms with van der Waals surface area (Å²) >= 11 is 5.73. The van der Waals surface area contributed by atoms with Gasteiger partial charge in [-0.25, -0.2) is 4.39 Å². The fourth-order valence-corrected chi connectivity index (χ4v) is 1.52. The SMILES string of the molecule is CC(C)(C)C(=O)C(CCl)Oc1ccc(F)cc1. The van der Waals surface area contributed by atoms with Crippen molar-refractivity contribution in [3.05, 3.63) is 30.1 Å². The Labute approximate surface area is 106 Å². The van der Waals surface area contributed by atoms with Gasteiger partial charge in [0, 0.05) is 5.41 Å². The lowest BCUT2D eigenvalue weighted by molar-refractivity contribution is -0.132. The van der Waals surface area contributed by atoms with Crippen LogP contribution in [0.4, 0.5) is 4.39 Å². The molecule has 4 heteroatoms. The van der Waals surface area contributed by atoms with Crippen molar-refractivity contribution in [2.24, 2.45) is 5.41 Å². The summed E-state index contributed by atoms with van der Waals surface area (Å²) in [6.07, 6.45) is -0.706. The summed E-state index contributed by atoms with van der Waals surface area (Å²) in [7, 11) is 0. The van der Waals surface area contributed by atoms with E-state index in [2.05, 4.69) is 0 Å². The first-order valence-corrected chi connectivity index (χ1v) is 5.90. The highest BCUT2D eigenvalue weighted by Crippen LogP contribution is 2.21. The number of halogens is 2. The van der Waals surface area contributed by atoms with Crippen LogP contribution in [-0.2, 0) is 4.79 Å². The standard InChI is InChI=1S/C13H16ClFO2/c1-13(2,3)12(16)11(8-14)17-10-6-4-9(15)5-7-10/h4-7,11H,8H2,1-3H3. The van der Waals surface area contributed by atoms with Crippen LogP contribution < -0.4 is 4.74 Å². The molecule has 0 spiro atoms. The molecule has 1 aromatic carbocycles. The van der Waals surface area contributed by atoms with E-state index in [4.69, 9.17) is 16.3 Å². The highest BCUT2D eigenvalue weighted by molar-refractivity contribution is 6.20. The van der Waals surface area contributed by atoms with Gasteiger partial charge in [-0.05, 0) is 24.3 Å². The van der Waals surface area contributed by atoms with E-state index in [1.54, 1.807) is 0 Å². The quantitative estimate of drug-likeness (QED) is 0.774. The molecular formula is C13H16ClFO2. The van der Waals surface area contributed by atoms with Gasteiger partial charge in [-0.3, -0.25) is 4.79 Å². The van der Waals surface area contributed by atoms with E-state index < -0.39 is 11.5 Å². The minimum Gasteiger partial charge on any atom is -0.481 e. The Hall–Kier alpha value is -1.09. The average molecular weight is 259 g/mol. The van der Waals surface area contributed by atoms with Gasteiger partial charge in [0.1, 0.15) is 11.6 Å². The molecule has 1 atom stereocenters. The maximum atomic E-state index is 12.7. The lowest BCUT2D eigenvalue weighted by Crippen LogP contribution is -2.37. The first-order chi connectivity index (χ1) is 7.84. The molecule has 0 saturated carbocycles. The van der Waals surface area contributed by atoms with E-state index in [-0.39, 0.29) is 17.5 Å². The number of Topliss-reactive ketones (excluding diaryl/α,β-unsaturated/α-hetero) is 1. The summed E-state index contributed by atoms with van der Waals surface area (Å²) in [5.41, 5.74) is -0.514. The Kier molecular flexibility index (Phi) is 4.52. The first-order valence-electron chi connectivity index (χ1n) is 5.37. The van der Waals surface area contributed by atoms with Crippen LogP contribution in [-0.4, -0.2) is 17.8 Å². The molecule has 17 heavy (non-hydrogen) atoms. The third-order valence-electron chi connectivity index (χ3n) is 2.26. The molecule has 0 N–H and O–H groups in total. The predicted molar refractivity (Wildman–Crippen MR) is 66.0 cm³/mol. The maximum absolute atomic E-state index is 12.7. The summed E-state index contributed by atoms with van der Waals surface area (Å²) in [6.45, 7) is 5.43. The molecule has 94 valence electrons. The third kappa shape index (κ3) is 4.00. The summed E-state index contributed by atoms with van der Waals surface area (Å²) in [6, 6.07) is 5.51. The number of rotatable bonds is 4. The molecule has 2 nitrogen and oxygen atoms in total. The number of carbonyl (C=O) groups is 1. The Morgan fingerprint density at radius 3 is 2.29 bits per heavy atom. The Morgan fingerprint density at radius 1 is 1.35 bits per heavy atom. The summed E-state index contributed by atoms with van der Waals surface area (Å²) in [5, 5.41) is 0. The molecule has 0 radical (unpaired) electrons. The van der Waals surface area contributed by atoms with Crippen molar-refractivity contribution in [3.8, 4) is 5.75 Å². The second-order valence-electron chi connectivity index (χ2n) is 4.83. The highest BCUT2D eigenvalue weighted by atomic mass is 35.5. The summed E-state index contributed by atoms with van der Waals surface area (Å²) in [5.74, 6) is 0.0985. The van der Waals surface area contributed by atoms with Crippen LogP contribution in [0.15, 0.2) is 24.3 Å². The zero-order chi connectivity index (χ0) is 13.1. The van der Waals surface area contributed by atoms with Crippen molar-refractivity contribution in [2.45, 2.75) is 26.9 Å². The smallest absolute Gasteiger partial charge is 0.179 e. The van der Waals surface area contributed by atoms with Gasteiger partial charge in [-0.2, -0.15) is 0 Å². The normalized spacial score (nSPS) is 13.2. The fraction of sp³-hybridized carbons (Fsp3) is 0.462.